The number of carboxylic acid groups (broad SMARTS) is 1. The summed E-state index contributed by atoms with van der Waals surface area (Å²) in [5.41, 5.74) is 4.49. The van der Waals surface area contributed by atoms with Crippen LogP contribution < -0.4 is 43.6 Å². The average molecular weight is 1070 g/mol. The summed E-state index contributed by atoms with van der Waals surface area (Å²) in [6, 6.07) is 26.2. The number of halogens is 10. The molecule has 3 heterocycles. The first-order valence-corrected chi connectivity index (χ1v) is 19.2. The smallest absolute Gasteiger partial charge is 0.550 e. The summed E-state index contributed by atoms with van der Waals surface area (Å²) in [6.07, 6.45) is -9.82. The number of carbonyl (C=O) groups is 2. The number of rotatable bonds is 8. The van der Waals surface area contributed by atoms with E-state index in [0.29, 0.717) is 16.7 Å². The fourth-order valence-corrected chi connectivity index (χ4v) is 5.21. The van der Waals surface area contributed by atoms with Gasteiger partial charge >= 0.3 is 51.0 Å². The summed E-state index contributed by atoms with van der Waals surface area (Å²) in [4.78, 5) is 32.0. The maximum atomic E-state index is 12.2. The second-order valence-corrected chi connectivity index (χ2v) is 13.6. The first-order valence-electron chi connectivity index (χ1n) is 18.4. The van der Waals surface area contributed by atoms with Crippen molar-refractivity contribution in [3.63, 3.8) is 0 Å². The Morgan fingerprint density at radius 3 is 1.31 bits per heavy atom. The number of nitrogens with zero attached hydrogens (tertiary/aromatic N) is 3. The summed E-state index contributed by atoms with van der Waals surface area (Å²) < 4.78 is 125. The molecule has 71 heavy (non-hydrogen) atoms. The number of esters is 1. The molecule has 3 aromatic heterocycles. The molecule has 384 valence electrons. The Hall–Kier alpha value is -6.12. The fourth-order valence-electron chi connectivity index (χ4n) is 4.76. The Morgan fingerprint density at radius 2 is 0.958 bits per heavy atom. The molecular weight excluding hydrogens is 1020 g/mol. The molecule has 0 amide bonds. The number of alkyl halides is 9. The molecule has 0 aliphatic rings. The van der Waals surface area contributed by atoms with Gasteiger partial charge in [0.1, 0.15) is 17.2 Å². The van der Waals surface area contributed by atoms with Gasteiger partial charge in [-0.1, -0.05) is 82.0 Å². The fraction of sp³-hybridized carbons (Fsp3) is 0.255. The van der Waals surface area contributed by atoms with Gasteiger partial charge in [-0.15, -0.1) is 39.5 Å². The Balaban J connectivity index is -0.000000413. The molecule has 12 nitrogen and oxygen atoms in total. The minimum absolute atomic E-state index is 0. The number of methoxy groups -OCH3 is 1. The van der Waals surface area contributed by atoms with Crippen molar-refractivity contribution in [2.45, 2.75) is 76.0 Å². The van der Waals surface area contributed by atoms with E-state index in [1.807, 2.05) is 26.0 Å². The predicted molar refractivity (Wildman–Crippen MR) is 250 cm³/mol. The normalized spacial score (nSPS) is 9.92. The second kappa shape index (κ2) is 34.2. The second-order valence-electron chi connectivity index (χ2n) is 12.7. The number of carboxylic acids is 1. The Kier molecular flexibility index (Phi) is 34.5. The zero-order valence-corrected chi connectivity index (χ0v) is 37.4. The number of aliphatic carboxylic acids is 1. The van der Waals surface area contributed by atoms with Crippen LogP contribution in [0, 0.1) is 13.8 Å². The quantitative estimate of drug-likeness (QED) is 0.0855. The molecule has 24 heteroatoms. The number of carbonyl (C=O) groups excluding carboxylic acids is 2. The van der Waals surface area contributed by atoms with Crippen molar-refractivity contribution < 1.29 is 102 Å². The minimum Gasteiger partial charge on any atom is -0.550 e. The van der Waals surface area contributed by atoms with Crippen molar-refractivity contribution in [3.05, 3.63) is 149 Å². The molecule has 0 bridgehead atoms. The van der Waals surface area contributed by atoms with E-state index < -0.39 is 37.9 Å². The van der Waals surface area contributed by atoms with E-state index in [1.165, 1.54) is 74.8 Å². The molecule has 6 rings (SSSR count). The standard InChI is InChI=1S/C14H10F3NO3.C13H10F3NO.C7H6BF3O3.C6H6BrN.C3H6O2.4CH4.Li/c15-14(16,17)21-12-3-1-2-9(7-12)10-4-5-18-11(6-10)8-13(19)20;1-9-7-11(5-6-17-9)10-3-2-4-12(8-10)18-13(14,15)16;9-7(10,11)14-6-3-1-2-5(4-6)8(12)13;1-5-4-6(7)2-3-8-5;1-3(4)5-2;;;;;/h1-7H,8H2,(H,19,20);2-8H,1H3;1-4,12-13H;2-4H,1H3;1-2H3;4*1H4;/q;;;;;;;;;+1/p-1. The van der Waals surface area contributed by atoms with Crippen LogP contribution >= 0.6 is 15.9 Å². The summed E-state index contributed by atoms with van der Waals surface area (Å²) in [5, 5.41) is 27.9. The van der Waals surface area contributed by atoms with Crippen LogP contribution in [0.2, 0.25) is 0 Å². The zero-order valence-electron chi connectivity index (χ0n) is 35.8. The van der Waals surface area contributed by atoms with Crippen LogP contribution in [0.25, 0.3) is 22.3 Å². The van der Waals surface area contributed by atoms with Gasteiger partial charge in [-0.25, -0.2) is 0 Å². The zero-order chi connectivity index (χ0) is 49.7. The van der Waals surface area contributed by atoms with Gasteiger partial charge in [-0.05, 0) is 114 Å². The minimum atomic E-state index is -4.78. The molecular formula is C47H53BBrF9LiN3O9. The third kappa shape index (κ3) is 32.4. The van der Waals surface area contributed by atoms with E-state index in [2.05, 4.69) is 49.8 Å². The van der Waals surface area contributed by atoms with E-state index in [0.717, 1.165) is 33.6 Å². The molecule has 6 aromatic rings. The van der Waals surface area contributed by atoms with Gasteiger partial charge in [0.25, 0.3) is 0 Å². The van der Waals surface area contributed by atoms with Crippen molar-refractivity contribution in [2.75, 3.05) is 7.11 Å². The average Bonchev–Trinajstić information content (AvgIpc) is 3.20. The van der Waals surface area contributed by atoms with Gasteiger partial charge in [0, 0.05) is 59.5 Å². The van der Waals surface area contributed by atoms with E-state index in [-0.39, 0.29) is 83.6 Å². The summed E-state index contributed by atoms with van der Waals surface area (Å²) in [5.74, 6) is -2.59. The molecule has 0 spiro atoms. The maximum absolute atomic E-state index is 12.2. The number of benzene rings is 3. The molecule has 0 fully saturated rings. The van der Waals surface area contributed by atoms with Crippen LogP contribution in [0.5, 0.6) is 17.2 Å². The Labute approximate surface area is 427 Å². The molecule has 0 unspecified atom stereocenters. The van der Waals surface area contributed by atoms with E-state index in [1.54, 1.807) is 42.7 Å². The van der Waals surface area contributed by atoms with Crippen LogP contribution in [0.15, 0.2) is 132 Å². The van der Waals surface area contributed by atoms with Crippen LogP contribution in [0.1, 0.15) is 53.7 Å². The molecule has 0 aliphatic carbocycles. The molecule has 0 radical (unpaired) electrons. The monoisotopic (exact) mass is 1070 g/mol. The molecule has 0 aliphatic heterocycles. The first-order chi connectivity index (χ1) is 30.7. The predicted octanol–water partition coefficient (Wildman–Crippen LogP) is 8.04. The first kappa shape index (κ1) is 71.4. The van der Waals surface area contributed by atoms with E-state index in [4.69, 9.17) is 10.0 Å². The Morgan fingerprint density at radius 1 is 0.592 bits per heavy atom. The van der Waals surface area contributed by atoms with Crippen molar-refractivity contribution >= 4 is 40.4 Å². The van der Waals surface area contributed by atoms with E-state index >= 15 is 0 Å². The van der Waals surface area contributed by atoms with Crippen molar-refractivity contribution in [2.24, 2.45) is 0 Å². The van der Waals surface area contributed by atoms with Gasteiger partial charge in [0.15, 0.2) is 0 Å². The summed E-state index contributed by atoms with van der Waals surface area (Å²) in [7, 11) is -0.464. The molecule has 2 N–H and O–H groups in total. The topological polar surface area (TPSA) is 173 Å². The summed E-state index contributed by atoms with van der Waals surface area (Å²) >= 11 is 3.32. The molecule has 0 atom stereocenters. The number of aromatic nitrogens is 3. The van der Waals surface area contributed by atoms with Crippen LogP contribution in [-0.2, 0) is 20.7 Å². The van der Waals surface area contributed by atoms with Crippen LogP contribution in [-0.4, -0.2) is 70.3 Å². The van der Waals surface area contributed by atoms with Gasteiger partial charge < -0.3 is 38.9 Å². The molecule has 0 saturated carbocycles. The number of pyridine rings is 3. The SMILES string of the molecule is C.C.C.C.COC(C)=O.Cc1cc(-c2cccc(OC(F)(F)F)c2)ccn1.Cc1cc(Br)ccn1.O=C([O-])Cc1cc(-c2cccc(OC(F)(F)F)c2)ccn1.OB(O)c1cccc(OC(F)(F)F)c1.[Li+]. The molecule has 3 aromatic carbocycles. The van der Waals surface area contributed by atoms with Crippen molar-refractivity contribution in [1.29, 1.82) is 0 Å². The number of aryl methyl sites for hydroxylation is 2. The third-order valence-electron chi connectivity index (χ3n) is 7.38. The Bertz CT molecular complexity index is 2450. The maximum Gasteiger partial charge on any atom is 1.00 e. The van der Waals surface area contributed by atoms with Crippen LogP contribution in [0.3, 0.4) is 0 Å². The molecule has 0 saturated heterocycles. The number of hydrogen-bond donors (Lipinski definition) is 2. The van der Waals surface area contributed by atoms with Crippen molar-refractivity contribution in [3.8, 4) is 39.5 Å². The third-order valence-corrected chi connectivity index (χ3v) is 7.87. The summed E-state index contributed by atoms with van der Waals surface area (Å²) in [6.45, 7) is 5.14. The van der Waals surface area contributed by atoms with Gasteiger partial charge in [-0.2, -0.15) is 0 Å². The van der Waals surface area contributed by atoms with Crippen molar-refractivity contribution in [1.82, 2.24) is 15.0 Å². The number of hydrogen-bond acceptors (Lipinski definition) is 12. The number of ether oxygens (including phenoxy) is 4. The van der Waals surface area contributed by atoms with E-state index in [9.17, 15) is 54.2 Å². The van der Waals surface area contributed by atoms with Gasteiger partial charge in [0.2, 0.25) is 0 Å². The van der Waals surface area contributed by atoms with Gasteiger partial charge in [0.05, 0.1) is 7.11 Å². The van der Waals surface area contributed by atoms with Crippen LogP contribution in [0.4, 0.5) is 39.5 Å². The largest absolute Gasteiger partial charge is 1.00 e. The van der Waals surface area contributed by atoms with Gasteiger partial charge in [-0.3, -0.25) is 19.7 Å².